The Hall–Kier alpha value is -0.430. The highest BCUT2D eigenvalue weighted by Gasteiger charge is 1.97. The fourth-order valence-electron chi connectivity index (χ4n) is 0.205. The van der Waals surface area contributed by atoms with E-state index in [4.69, 9.17) is 4.55 Å². The highest BCUT2D eigenvalue weighted by Crippen LogP contribution is 1.65. The molecule has 0 spiro atoms. The van der Waals surface area contributed by atoms with Crippen LogP contribution in [0.15, 0.2) is 12.7 Å². The summed E-state index contributed by atoms with van der Waals surface area (Å²) in [4.78, 5) is 1.63. The topological polar surface area (TPSA) is 78.4 Å². The summed E-state index contributed by atoms with van der Waals surface area (Å²) in [6.45, 7) is 3.56. The second-order valence-corrected chi connectivity index (χ2v) is 2.40. The fraction of sp³-hybridized carbons (Fsp3) is 0.333. The predicted octanol–water partition coefficient (Wildman–Crippen LogP) is -0.931. The van der Waals surface area contributed by atoms with E-state index in [0.29, 0.717) is 0 Å². The molecular weight excluding hydrogens is 144 g/mol. The highest BCUT2D eigenvalue weighted by molar-refractivity contribution is 7.83. The van der Waals surface area contributed by atoms with Crippen molar-refractivity contribution in [2.75, 3.05) is 6.54 Å². The van der Waals surface area contributed by atoms with Crippen LogP contribution in [0.25, 0.3) is 0 Å². The molecule has 0 rings (SSSR count). The first kappa shape index (κ1) is 8.57. The molecule has 0 aliphatic heterocycles. The fourth-order valence-corrected chi connectivity index (χ4v) is 0.471. The van der Waals surface area contributed by atoms with Crippen molar-refractivity contribution in [2.45, 2.75) is 0 Å². The van der Waals surface area contributed by atoms with Gasteiger partial charge in [0.25, 0.3) is 0 Å². The predicted molar refractivity (Wildman–Crippen MR) is 32.9 cm³/mol. The van der Waals surface area contributed by atoms with Crippen molar-refractivity contribution >= 4 is 10.3 Å². The third-order valence-corrected chi connectivity index (χ3v) is 0.850. The zero-order valence-electron chi connectivity index (χ0n) is 4.66. The lowest BCUT2D eigenvalue weighted by atomic mass is 10.7. The summed E-state index contributed by atoms with van der Waals surface area (Å²) in [6, 6.07) is 0. The molecule has 0 atom stereocenters. The van der Waals surface area contributed by atoms with Gasteiger partial charge < -0.3 is 0 Å². The second-order valence-electron chi connectivity index (χ2n) is 1.25. The van der Waals surface area contributed by atoms with Gasteiger partial charge in [-0.05, 0) is 0 Å². The van der Waals surface area contributed by atoms with Gasteiger partial charge in [-0.2, -0.15) is 8.42 Å². The smallest absolute Gasteiger partial charge is 0.273 e. The van der Waals surface area contributed by atoms with Crippen LogP contribution in [-0.2, 0) is 10.3 Å². The second kappa shape index (κ2) is 3.57. The molecule has 0 amide bonds. The van der Waals surface area contributed by atoms with Crippen LogP contribution < -0.4 is 10.3 Å². The normalized spacial score (nSPS) is 11.2. The van der Waals surface area contributed by atoms with E-state index in [1.807, 2.05) is 0 Å². The molecule has 6 heteroatoms. The summed E-state index contributed by atoms with van der Waals surface area (Å²) in [5, 5.41) is 0. The monoisotopic (exact) mass is 152 g/mol. The van der Waals surface area contributed by atoms with Gasteiger partial charge in [-0.25, -0.2) is 5.43 Å². The molecule has 0 aliphatic carbocycles. The first-order chi connectivity index (χ1) is 4.06. The molecule has 0 bridgehead atoms. The molecule has 0 aliphatic rings. The first-order valence-electron chi connectivity index (χ1n) is 2.14. The van der Waals surface area contributed by atoms with Crippen LogP contribution in [0.4, 0.5) is 0 Å². The molecule has 0 saturated heterocycles. The van der Waals surface area contributed by atoms with Crippen LogP contribution in [0.5, 0.6) is 0 Å². The standard InChI is InChI=1S/C3H8N2O3S/c1-2-3-4-5-9(6,7)8/h2,4-5H,1,3H2,(H,6,7,8). The molecular formula is C3H8N2O3S. The van der Waals surface area contributed by atoms with Gasteiger partial charge >= 0.3 is 10.3 Å². The van der Waals surface area contributed by atoms with Crippen LogP contribution in [0, 0.1) is 0 Å². The van der Waals surface area contributed by atoms with Crippen molar-refractivity contribution in [1.82, 2.24) is 10.3 Å². The van der Waals surface area contributed by atoms with Crippen LogP contribution >= 0.6 is 0 Å². The average molecular weight is 152 g/mol. The van der Waals surface area contributed by atoms with E-state index in [-0.39, 0.29) is 6.54 Å². The van der Waals surface area contributed by atoms with Gasteiger partial charge in [0.05, 0.1) is 0 Å². The molecule has 0 aromatic rings. The Labute approximate surface area is 53.6 Å². The van der Waals surface area contributed by atoms with Crippen molar-refractivity contribution in [3.8, 4) is 0 Å². The molecule has 0 saturated carbocycles. The van der Waals surface area contributed by atoms with E-state index < -0.39 is 10.3 Å². The Bertz CT molecular complexity index is 173. The van der Waals surface area contributed by atoms with Gasteiger partial charge in [-0.15, -0.1) is 11.4 Å². The maximum atomic E-state index is 9.85. The number of rotatable bonds is 4. The van der Waals surface area contributed by atoms with Crippen molar-refractivity contribution in [2.24, 2.45) is 0 Å². The first-order valence-corrected chi connectivity index (χ1v) is 3.58. The maximum Gasteiger partial charge on any atom is 0.346 e. The van der Waals surface area contributed by atoms with E-state index in [9.17, 15) is 8.42 Å². The Morgan fingerprint density at radius 2 is 2.22 bits per heavy atom. The van der Waals surface area contributed by atoms with Gasteiger partial charge in [0.2, 0.25) is 0 Å². The number of hydrazine groups is 1. The zero-order chi connectivity index (χ0) is 7.33. The number of nitrogens with one attached hydrogen (secondary N) is 2. The van der Waals surface area contributed by atoms with Crippen LogP contribution in [0.1, 0.15) is 0 Å². The molecule has 0 aromatic carbocycles. The van der Waals surface area contributed by atoms with Gasteiger partial charge in [-0.3, -0.25) is 4.55 Å². The molecule has 0 unspecified atom stereocenters. The van der Waals surface area contributed by atoms with Gasteiger partial charge in [0.1, 0.15) is 0 Å². The molecule has 0 heterocycles. The summed E-state index contributed by atoms with van der Waals surface area (Å²) in [5.41, 5.74) is 2.17. The SMILES string of the molecule is C=CCNNS(=O)(=O)O. The van der Waals surface area contributed by atoms with E-state index in [0.717, 1.165) is 0 Å². The molecule has 3 N–H and O–H groups in total. The molecule has 9 heavy (non-hydrogen) atoms. The molecule has 0 fully saturated rings. The van der Waals surface area contributed by atoms with Crippen LogP contribution in [0.3, 0.4) is 0 Å². The lowest BCUT2D eigenvalue weighted by Crippen LogP contribution is -2.36. The third kappa shape index (κ3) is 7.57. The van der Waals surface area contributed by atoms with Crippen LogP contribution in [0.2, 0.25) is 0 Å². The van der Waals surface area contributed by atoms with E-state index >= 15 is 0 Å². The summed E-state index contributed by atoms with van der Waals surface area (Å²) >= 11 is 0. The minimum absolute atomic E-state index is 0.264. The third-order valence-electron chi connectivity index (χ3n) is 0.448. The van der Waals surface area contributed by atoms with Crippen molar-refractivity contribution in [3.05, 3.63) is 12.7 Å². The van der Waals surface area contributed by atoms with Gasteiger partial charge in [-0.1, -0.05) is 6.08 Å². The van der Waals surface area contributed by atoms with Crippen molar-refractivity contribution < 1.29 is 13.0 Å². The minimum atomic E-state index is -4.11. The summed E-state index contributed by atoms with van der Waals surface area (Å²) in [5.74, 6) is 0. The lowest BCUT2D eigenvalue weighted by molar-refractivity contribution is 0.456. The Balaban J connectivity index is 3.40. The zero-order valence-corrected chi connectivity index (χ0v) is 5.48. The molecule has 5 nitrogen and oxygen atoms in total. The average Bonchev–Trinajstić information content (AvgIpc) is 1.63. The van der Waals surface area contributed by atoms with Crippen molar-refractivity contribution in [1.29, 1.82) is 0 Å². The Morgan fingerprint density at radius 1 is 1.67 bits per heavy atom. The van der Waals surface area contributed by atoms with Gasteiger partial charge in [0, 0.05) is 6.54 Å². The van der Waals surface area contributed by atoms with E-state index in [1.54, 1.807) is 4.83 Å². The van der Waals surface area contributed by atoms with Crippen LogP contribution in [-0.4, -0.2) is 19.5 Å². The number of hydrogen-bond donors (Lipinski definition) is 3. The van der Waals surface area contributed by atoms with Crippen molar-refractivity contribution in [3.63, 3.8) is 0 Å². The Kier molecular flexibility index (Phi) is 3.40. The van der Waals surface area contributed by atoms with Gasteiger partial charge in [0.15, 0.2) is 0 Å². The summed E-state index contributed by atoms with van der Waals surface area (Å²) in [7, 11) is -4.11. The molecule has 54 valence electrons. The number of hydrogen-bond acceptors (Lipinski definition) is 3. The van der Waals surface area contributed by atoms with E-state index in [1.165, 1.54) is 6.08 Å². The minimum Gasteiger partial charge on any atom is -0.273 e. The quantitative estimate of drug-likeness (QED) is 0.210. The van der Waals surface area contributed by atoms with E-state index in [2.05, 4.69) is 12.0 Å². The molecule has 0 aromatic heterocycles. The summed E-state index contributed by atoms with van der Waals surface area (Å²) < 4.78 is 27.7. The Morgan fingerprint density at radius 3 is 2.56 bits per heavy atom. The highest BCUT2D eigenvalue weighted by atomic mass is 32.2. The molecule has 0 radical (unpaired) electrons. The maximum absolute atomic E-state index is 9.85. The largest absolute Gasteiger partial charge is 0.346 e. The summed E-state index contributed by atoms with van der Waals surface area (Å²) in [6.07, 6.45) is 1.44. The lowest BCUT2D eigenvalue weighted by Gasteiger charge is -1.97.